The fraction of sp³-hybridized carbons (Fsp3) is 0.267. The highest BCUT2D eigenvalue weighted by molar-refractivity contribution is 5.42. The largest absolute Gasteiger partial charge is 0.496 e. The molecule has 1 aromatic carbocycles. The molecule has 0 aliphatic rings. The molecular formula is C15H16N2O2. The number of nitriles is 1. The third-order valence-corrected chi connectivity index (χ3v) is 2.86. The molecule has 0 unspecified atom stereocenters. The predicted octanol–water partition coefficient (Wildman–Crippen LogP) is 2.79. The van der Waals surface area contributed by atoms with Crippen LogP contribution in [0.3, 0.4) is 0 Å². The number of hydrogen-bond donors (Lipinski definition) is 0. The van der Waals surface area contributed by atoms with Crippen LogP contribution >= 0.6 is 0 Å². The molecule has 19 heavy (non-hydrogen) atoms. The first kappa shape index (κ1) is 13.2. The normalized spacial score (nSPS) is 10.4. The van der Waals surface area contributed by atoms with E-state index in [1.54, 1.807) is 19.4 Å². The minimum Gasteiger partial charge on any atom is -0.496 e. The van der Waals surface area contributed by atoms with Crippen LogP contribution in [0.15, 0.2) is 41.0 Å². The predicted molar refractivity (Wildman–Crippen MR) is 71.6 cm³/mol. The van der Waals surface area contributed by atoms with Crippen LogP contribution in [0.25, 0.3) is 0 Å². The third kappa shape index (κ3) is 3.36. The van der Waals surface area contributed by atoms with Gasteiger partial charge in [-0.15, -0.1) is 0 Å². The number of furan rings is 1. The first-order valence-electron chi connectivity index (χ1n) is 6.01. The zero-order valence-electron chi connectivity index (χ0n) is 11.1. The van der Waals surface area contributed by atoms with E-state index in [0.717, 1.165) is 17.1 Å². The van der Waals surface area contributed by atoms with E-state index in [0.29, 0.717) is 18.7 Å². The topological polar surface area (TPSA) is 49.4 Å². The van der Waals surface area contributed by atoms with Gasteiger partial charge in [0.2, 0.25) is 0 Å². The molecule has 0 spiro atoms. The molecular weight excluding hydrogens is 240 g/mol. The molecule has 0 amide bonds. The van der Waals surface area contributed by atoms with Gasteiger partial charge >= 0.3 is 0 Å². The Morgan fingerprint density at radius 3 is 2.79 bits per heavy atom. The molecule has 0 aliphatic carbocycles. The summed E-state index contributed by atoms with van der Waals surface area (Å²) in [6.07, 6.45) is 1.67. The summed E-state index contributed by atoms with van der Waals surface area (Å²) in [4.78, 5) is 2.11. The van der Waals surface area contributed by atoms with Crippen LogP contribution in [-0.4, -0.2) is 19.1 Å². The van der Waals surface area contributed by atoms with Crippen LogP contribution in [0.4, 0.5) is 0 Å². The smallest absolute Gasteiger partial charge is 0.123 e. The van der Waals surface area contributed by atoms with E-state index in [9.17, 15) is 0 Å². The summed E-state index contributed by atoms with van der Waals surface area (Å²) in [5, 5.41) is 8.95. The third-order valence-electron chi connectivity index (χ3n) is 2.86. The number of rotatable bonds is 5. The molecule has 1 heterocycles. The molecule has 0 atom stereocenters. The molecule has 0 radical (unpaired) electrons. The molecule has 0 bridgehead atoms. The van der Waals surface area contributed by atoms with E-state index in [4.69, 9.17) is 14.4 Å². The second kappa shape index (κ2) is 6.07. The first-order chi connectivity index (χ1) is 9.22. The van der Waals surface area contributed by atoms with Crippen LogP contribution in [0, 0.1) is 11.3 Å². The Morgan fingerprint density at radius 1 is 1.32 bits per heavy atom. The van der Waals surface area contributed by atoms with Crippen molar-refractivity contribution in [3.05, 3.63) is 53.5 Å². The zero-order chi connectivity index (χ0) is 13.7. The summed E-state index contributed by atoms with van der Waals surface area (Å²) < 4.78 is 10.6. The van der Waals surface area contributed by atoms with Crippen molar-refractivity contribution >= 4 is 0 Å². The van der Waals surface area contributed by atoms with Gasteiger partial charge in [-0.05, 0) is 37.4 Å². The van der Waals surface area contributed by atoms with Gasteiger partial charge in [0.1, 0.15) is 11.5 Å². The molecule has 0 saturated carbocycles. The molecule has 4 nitrogen and oxygen atoms in total. The van der Waals surface area contributed by atoms with Crippen molar-refractivity contribution in [2.75, 3.05) is 14.2 Å². The zero-order valence-corrected chi connectivity index (χ0v) is 11.1. The lowest BCUT2D eigenvalue weighted by Crippen LogP contribution is -2.17. The molecule has 1 aromatic heterocycles. The quantitative estimate of drug-likeness (QED) is 0.825. The molecule has 2 aromatic rings. The second-order valence-corrected chi connectivity index (χ2v) is 4.39. The maximum Gasteiger partial charge on any atom is 0.123 e. The Labute approximate surface area is 112 Å². The number of ether oxygens (including phenoxy) is 1. The van der Waals surface area contributed by atoms with E-state index in [2.05, 4.69) is 11.0 Å². The van der Waals surface area contributed by atoms with E-state index < -0.39 is 0 Å². The monoisotopic (exact) mass is 256 g/mol. The van der Waals surface area contributed by atoms with Crippen LogP contribution in [0.2, 0.25) is 0 Å². The molecule has 0 aliphatic heterocycles. The average Bonchev–Trinajstić information content (AvgIpc) is 2.91. The van der Waals surface area contributed by atoms with Crippen molar-refractivity contribution in [1.29, 1.82) is 5.26 Å². The minimum absolute atomic E-state index is 0.641. The lowest BCUT2D eigenvalue weighted by Gasteiger charge is -2.17. The van der Waals surface area contributed by atoms with Crippen molar-refractivity contribution in [1.82, 2.24) is 4.90 Å². The van der Waals surface area contributed by atoms with Gasteiger partial charge in [0, 0.05) is 12.1 Å². The first-order valence-corrected chi connectivity index (χ1v) is 6.01. The molecule has 0 N–H and O–H groups in total. The lowest BCUT2D eigenvalue weighted by atomic mass is 10.1. The molecule has 98 valence electrons. The standard InChI is InChI=1S/C15H16N2O2/c1-17(11-14-4-3-7-19-14)10-13-8-12(9-16)5-6-15(13)18-2/h3-8H,10-11H2,1-2H3. The Morgan fingerprint density at radius 2 is 2.16 bits per heavy atom. The van der Waals surface area contributed by atoms with Crippen molar-refractivity contribution in [2.45, 2.75) is 13.1 Å². The number of methoxy groups -OCH3 is 1. The summed E-state index contributed by atoms with van der Waals surface area (Å²) >= 11 is 0. The van der Waals surface area contributed by atoms with E-state index in [1.807, 2.05) is 31.3 Å². The fourth-order valence-electron chi connectivity index (χ4n) is 1.99. The summed E-state index contributed by atoms with van der Waals surface area (Å²) in [6, 6.07) is 11.4. The van der Waals surface area contributed by atoms with Gasteiger partial charge in [-0.2, -0.15) is 5.26 Å². The van der Waals surface area contributed by atoms with Gasteiger partial charge in [0.05, 0.1) is 31.6 Å². The highest BCUT2D eigenvalue weighted by Gasteiger charge is 2.09. The molecule has 4 heteroatoms. The van der Waals surface area contributed by atoms with Crippen LogP contribution in [0.1, 0.15) is 16.9 Å². The Kier molecular flexibility index (Phi) is 4.22. The van der Waals surface area contributed by atoms with E-state index >= 15 is 0 Å². The molecule has 0 fully saturated rings. The SMILES string of the molecule is COc1ccc(C#N)cc1CN(C)Cc1ccco1. The van der Waals surface area contributed by atoms with Crippen LogP contribution in [-0.2, 0) is 13.1 Å². The maximum atomic E-state index is 8.95. The Hall–Kier alpha value is -2.25. The van der Waals surface area contributed by atoms with Crippen LogP contribution in [0.5, 0.6) is 5.75 Å². The lowest BCUT2D eigenvalue weighted by molar-refractivity contribution is 0.282. The average molecular weight is 256 g/mol. The molecule has 0 saturated heterocycles. The van der Waals surface area contributed by atoms with Crippen molar-refractivity contribution < 1.29 is 9.15 Å². The summed E-state index contributed by atoms with van der Waals surface area (Å²) in [5.41, 5.74) is 1.64. The highest BCUT2D eigenvalue weighted by atomic mass is 16.5. The fourth-order valence-corrected chi connectivity index (χ4v) is 1.99. The minimum atomic E-state index is 0.641. The maximum absolute atomic E-state index is 8.95. The van der Waals surface area contributed by atoms with Gasteiger partial charge in [-0.25, -0.2) is 0 Å². The van der Waals surface area contributed by atoms with E-state index in [-0.39, 0.29) is 0 Å². The van der Waals surface area contributed by atoms with Crippen LogP contribution < -0.4 is 4.74 Å². The number of hydrogen-bond acceptors (Lipinski definition) is 4. The van der Waals surface area contributed by atoms with Gasteiger partial charge in [-0.3, -0.25) is 4.90 Å². The van der Waals surface area contributed by atoms with Gasteiger partial charge in [-0.1, -0.05) is 0 Å². The molecule has 2 rings (SSSR count). The number of benzene rings is 1. The summed E-state index contributed by atoms with van der Waals surface area (Å²) in [6.45, 7) is 1.41. The summed E-state index contributed by atoms with van der Waals surface area (Å²) in [5.74, 6) is 1.71. The van der Waals surface area contributed by atoms with Gasteiger partial charge in [0.15, 0.2) is 0 Å². The van der Waals surface area contributed by atoms with Gasteiger partial charge in [0.25, 0.3) is 0 Å². The van der Waals surface area contributed by atoms with Crippen molar-refractivity contribution in [2.24, 2.45) is 0 Å². The van der Waals surface area contributed by atoms with Gasteiger partial charge < -0.3 is 9.15 Å². The Balaban J connectivity index is 2.11. The summed E-state index contributed by atoms with van der Waals surface area (Å²) in [7, 11) is 3.64. The van der Waals surface area contributed by atoms with Crippen molar-refractivity contribution in [3.8, 4) is 11.8 Å². The highest BCUT2D eigenvalue weighted by Crippen LogP contribution is 2.21. The van der Waals surface area contributed by atoms with E-state index in [1.165, 1.54) is 0 Å². The second-order valence-electron chi connectivity index (χ2n) is 4.39. The van der Waals surface area contributed by atoms with Crippen molar-refractivity contribution in [3.63, 3.8) is 0 Å². The Bertz CT molecular complexity index is 570. The number of nitrogens with zero attached hydrogens (tertiary/aromatic N) is 2.